The Morgan fingerprint density at radius 1 is 1.30 bits per heavy atom. The molecule has 114 valence electrons. The highest BCUT2D eigenvalue weighted by atomic mass is 16.4. The van der Waals surface area contributed by atoms with Gasteiger partial charge >= 0.3 is 12.0 Å². The predicted octanol–water partition coefficient (Wildman–Crippen LogP) is 0.359. The van der Waals surface area contributed by atoms with E-state index in [1.807, 2.05) is 14.0 Å². The monoisotopic (exact) mass is 285 g/mol. The summed E-state index contributed by atoms with van der Waals surface area (Å²) in [5.41, 5.74) is -1.18. The van der Waals surface area contributed by atoms with Crippen molar-refractivity contribution in [1.82, 2.24) is 15.1 Å². The molecule has 0 aromatic heterocycles. The minimum Gasteiger partial charge on any atom is -0.481 e. The van der Waals surface area contributed by atoms with Crippen molar-refractivity contribution in [2.24, 2.45) is 5.41 Å². The first kappa shape index (κ1) is 16.4. The van der Waals surface area contributed by atoms with Crippen LogP contribution in [-0.4, -0.2) is 65.5 Å². The van der Waals surface area contributed by atoms with E-state index in [9.17, 15) is 14.4 Å². The second kappa shape index (κ2) is 6.21. The first-order valence-electron chi connectivity index (χ1n) is 6.66. The van der Waals surface area contributed by atoms with Crippen LogP contribution in [0.25, 0.3) is 0 Å². The normalized spacial score (nSPS) is 20.6. The van der Waals surface area contributed by atoms with Crippen molar-refractivity contribution in [1.29, 1.82) is 0 Å². The molecule has 1 fully saturated rings. The number of rotatable bonds is 3. The lowest BCUT2D eigenvalue weighted by molar-refractivity contribution is -0.149. The van der Waals surface area contributed by atoms with E-state index >= 15 is 0 Å². The van der Waals surface area contributed by atoms with Crippen LogP contribution in [0, 0.1) is 5.41 Å². The van der Waals surface area contributed by atoms with Crippen molar-refractivity contribution in [2.75, 3.05) is 26.7 Å². The molecule has 0 aromatic rings. The Hall–Kier alpha value is -1.63. The number of aliphatic carboxylic acids is 1. The summed E-state index contributed by atoms with van der Waals surface area (Å²) in [6.45, 7) is 6.89. The SMILES string of the molecule is CC1CN(C)CCN1C(=O)NC(=O)CC(C)(C)C(=O)O. The second-order valence-corrected chi connectivity index (χ2v) is 6.02. The minimum absolute atomic E-state index is 0.0223. The number of carbonyl (C=O) groups is 3. The van der Waals surface area contributed by atoms with Crippen molar-refractivity contribution < 1.29 is 19.5 Å². The number of likely N-dealkylation sites (N-methyl/N-ethyl adjacent to an activating group) is 1. The highest BCUT2D eigenvalue weighted by molar-refractivity contribution is 5.96. The first-order valence-corrected chi connectivity index (χ1v) is 6.66. The summed E-state index contributed by atoms with van der Waals surface area (Å²) in [5.74, 6) is -1.62. The van der Waals surface area contributed by atoms with Crippen LogP contribution >= 0.6 is 0 Å². The standard InChI is InChI=1S/C13H23N3O4/c1-9-8-15(4)5-6-16(9)12(20)14-10(17)7-13(2,3)11(18)19/h9H,5-8H2,1-4H3,(H,18,19)(H,14,17,20). The quantitative estimate of drug-likeness (QED) is 0.781. The van der Waals surface area contributed by atoms with Crippen molar-refractivity contribution in [3.63, 3.8) is 0 Å². The lowest BCUT2D eigenvalue weighted by atomic mass is 9.89. The molecule has 0 aliphatic carbocycles. The molecule has 2 N–H and O–H groups in total. The molecule has 1 unspecified atom stereocenters. The van der Waals surface area contributed by atoms with Crippen LogP contribution in [0.4, 0.5) is 4.79 Å². The van der Waals surface area contributed by atoms with Gasteiger partial charge in [-0.05, 0) is 27.8 Å². The van der Waals surface area contributed by atoms with E-state index in [0.717, 1.165) is 13.1 Å². The maximum absolute atomic E-state index is 12.0. The Labute approximate surface area is 118 Å². The van der Waals surface area contributed by atoms with Gasteiger partial charge < -0.3 is 14.9 Å². The van der Waals surface area contributed by atoms with E-state index in [4.69, 9.17) is 5.11 Å². The Bertz CT molecular complexity index is 408. The van der Waals surface area contributed by atoms with Crippen LogP contribution in [0.3, 0.4) is 0 Å². The lowest BCUT2D eigenvalue weighted by Gasteiger charge is -2.38. The molecule has 20 heavy (non-hydrogen) atoms. The molecule has 3 amide bonds. The average molecular weight is 285 g/mol. The highest BCUT2D eigenvalue weighted by Gasteiger charge is 2.32. The van der Waals surface area contributed by atoms with Crippen LogP contribution in [-0.2, 0) is 9.59 Å². The van der Waals surface area contributed by atoms with E-state index in [2.05, 4.69) is 10.2 Å². The van der Waals surface area contributed by atoms with Crippen LogP contribution in [0.2, 0.25) is 0 Å². The molecule has 7 nitrogen and oxygen atoms in total. The Morgan fingerprint density at radius 3 is 2.40 bits per heavy atom. The molecule has 1 saturated heterocycles. The van der Waals surface area contributed by atoms with E-state index in [1.54, 1.807) is 4.90 Å². The third-order valence-electron chi connectivity index (χ3n) is 3.52. The van der Waals surface area contributed by atoms with E-state index in [-0.39, 0.29) is 12.5 Å². The van der Waals surface area contributed by atoms with Gasteiger partial charge in [-0.2, -0.15) is 0 Å². The number of piperazine rings is 1. The number of nitrogens with zero attached hydrogens (tertiary/aromatic N) is 2. The van der Waals surface area contributed by atoms with Gasteiger partial charge in [0, 0.05) is 32.1 Å². The smallest absolute Gasteiger partial charge is 0.324 e. The summed E-state index contributed by atoms with van der Waals surface area (Å²) in [5, 5.41) is 11.2. The van der Waals surface area contributed by atoms with Crippen LogP contribution in [0.15, 0.2) is 0 Å². The fraction of sp³-hybridized carbons (Fsp3) is 0.769. The fourth-order valence-corrected chi connectivity index (χ4v) is 2.15. The molecule has 0 bridgehead atoms. The molecule has 0 spiro atoms. The van der Waals surface area contributed by atoms with Gasteiger partial charge in [0.2, 0.25) is 5.91 Å². The first-order chi connectivity index (χ1) is 9.13. The largest absolute Gasteiger partial charge is 0.481 e. The number of imide groups is 1. The third kappa shape index (κ3) is 4.19. The van der Waals surface area contributed by atoms with Gasteiger partial charge in [-0.3, -0.25) is 14.9 Å². The van der Waals surface area contributed by atoms with E-state index in [0.29, 0.717) is 6.54 Å². The zero-order valence-corrected chi connectivity index (χ0v) is 12.5. The summed E-state index contributed by atoms with van der Waals surface area (Å²) >= 11 is 0. The molecular weight excluding hydrogens is 262 g/mol. The third-order valence-corrected chi connectivity index (χ3v) is 3.52. The number of nitrogens with one attached hydrogen (secondary N) is 1. The van der Waals surface area contributed by atoms with E-state index < -0.39 is 23.3 Å². The van der Waals surface area contributed by atoms with Gasteiger partial charge in [-0.15, -0.1) is 0 Å². The number of hydrogen-bond acceptors (Lipinski definition) is 4. The number of carbonyl (C=O) groups excluding carboxylic acids is 2. The Morgan fingerprint density at radius 2 is 1.90 bits per heavy atom. The topological polar surface area (TPSA) is 90.0 Å². The molecule has 1 aliphatic rings. The Kier molecular flexibility index (Phi) is 5.10. The maximum atomic E-state index is 12.0. The van der Waals surface area contributed by atoms with E-state index in [1.165, 1.54) is 13.8 Å². The number of carboxylic acids is 1. The van der Waals surface area contributed by atoms with Gasteiger partial charge in [0.1, 0.15) is 0 Å². The maximum Gasteiger partial charge on any atom is 0.324 e. The summed E-state index contributed by atoms with van der Waals surface area (Å²) < 4.78 is 0. The molecule has 1 atom stereocenters. The summed E-state index contributed by atoms with van der Waals surface area (Å²) in [4.78, 5) is 38.4. The zero-order valence-electron chi connectivity index (χ0n) is 12.5. The minimum atomic E-state index is -1.18. The van der Waals surface area contributed by atoms with Gasteiger partial charge in [0.15, 0.2) is 0 Å². The molecule has 1 heterocycles. The number of urea groups is 1. The molecular formula is C13H23N3O4. The molecule has 1 aliphatic heterocycles. The summed E-state index contributed by atoms with van der Waals surface area (Å²) in [6.07, 6.45) is -0.226. The predicted molar refractivity (Wildman–Crippen MR) is 73.2 cm³/mol. The number of carboxylic acid groups (broad SMARTS) is 1. The zero-order chi connectivity index (χ0) is 15.5. The van der Waals surface area contributed by atoms with Gasteiger partial charge in [-0.25, -0.2) is 4.79 Å². The van der Waals surface area contributed by atoms with Crippen LogP contribution < -0.4 is 5.32 Å². The molecule has 1 rings (SSSR count). The number of amides is 3. The van der Waals surface area contributed by atoms with Crippen LogP contribution in [0.1, 0.15) is 27.2 Å². The Balaban J connectivity index is 2.54. The van der Waals surface area contributed by atoms with Gasteiger partial charge in [0.25, 0.3) is 0 Å². The summed E-state index contributed by atoms with van der Waals surface area (Å²) in [6, 6.07) is -0.425. The van der Waals surface area contributed by atoms with Crippen molar-refractivity contribution in [3.8, 4) is 0 Å². The van der Waals surface area contributed by atoms with Crippen molar-refractivity contribution >= 4 is 17.9 Å². The van der Waals surface area contributed by atoms with Crippen molar-refractivity contribution in [3.05, 3.63) is 0 Å². The van der Waals surface area contributed by atoms with Crippen LogP contribution in [0.5, 0.6) is 0 Å². The molecule has 0 radical (unpaired) electrons. The molecule has 0 aromatic carbocycles. The average Bonchev–Trinajstić information content (AvgIpc) is 2.26. The molecule has 7 heteroatoms. The summed E-state index contributed by atoms with van der Waals surface area (Å²) in [7, 11) is 1.98. The fourth-order valence-electron chi connectivity index (χ4n) is 2.15. The van der Waals surface area contributed by atoms with Gasteiger partial charge in [-0.1, -0.05) is 0 Å². The molecule has 0 saturated carbocycles. The second-order valence-electron chi connectivity index (χ2n) is 6.02. The highest BCUT2D eigenvalue weighted by Crippen LogP contribution is 2.20. The number of hydrogen-bond donors (Lipinski definition) is 2. The van der Waals surface area contributed by atoms with Gasteiger partial charge in [0.05, 0.1) is 5.41 Å². The van der Waals surface area contributed by atoms with Crippen molar-refractivity contribution in [2.45, 2.75) is 33.2 Å². The lowest BCUT2D eigenvalue weighted by Crippen LogP contribution is -2.56.